The fourth-order valence-corrected chi connectivity index (χ4v) is 3.54. The molecule has 1 aromatic rings. The number of likely N-dealkylation sites (tertiary alicyclic amines) is 1. The third-order valence-corrected chi connectivity index (χ3v) is 5.37. The van der Waals surface area contributed by atoms with Crippen LogP contribution >= 0.6 is 24.0 Å². The van der Waals surface area contributed by atoms with Gasteiger partial charge in [-0.15, -0.1) is 24.0 Å². The summed E-state index contributed by atoms with van der Waals surface area (Å²) in [4.78, 5) is 21.7. The minimum Gasteiger partial charge on any atom is -0.378 e. The van der Waals surface area contributed by atoms with E-state index in [1.165, 1.54) is 0 Å². The highest BCUT2D eigenvalue weighted by atomic mass is 127. The Hall–Kier alpha value is -1.35. The Morgan fingerprint density at radius 3 is 2.41 bits per heavy atom. The molecule has 1 unspecified atom stereocenters. The summed E-state index contributed by atoms with van der Waals surface area (Å²) in [6.45, 7) is 7.05. The van der Waals surface area contributed by atoms with E-state index < -0.39 is 0 Å². The number of halogens is 1. The van der Waals surface area contributed by atoms with E-state index in [1.54, 1.807) is 0 Å². The van der Waals surface area contributed by atoms with Crippen LogP contribution in [0.3, 0.4) is 0 Å². The van der Waals surface area contributed by atoms with Gasteiger partial charge in [-0.3, -0.25) is 9.79 Å². The Morgan fingerprint density at radius 2 is 1.78 bits per heavy atom. The summed E-state index contributed by atoms with van der Waals surface area (Å²) in [5.41, 5.74) is 7.22. The zero-order valence-corrected chi connectivity index (χ0v) is 18.4. The van der Waals surface area contributed by atoms with E-state index in [0.29, 0.717) is 38.8 Å². The van der Waals surface area contributed by atoms with Crippen molar-refractivity contribution in [1.82, 2.24) is 9.80 Å². The van der Waals surface area contributed by atoms with Gasteiger partial charge in [-0.25, -0.2) is 0 Å². The van der Waals surface area contributed by atoms with Crippen LogP contribution in [0.5, 0.6) is 0 Å². The van der Waals surface area contributed by atoms with Gasteiger partial charge in [0.1, 0.15) is 0 Å². The second kappa shape index (κ2) is 10.8. The summed E-state index contributed by atoms with van der Waals surface area (Å²) in [6.07, 6.45) is 2.29. The van der Waals surface area contributed by atoms with Gasteiger partial charge in [-0.2, -0.15) is 0 Å². The van der Waals surface area contributed by atoms with Crippen LogP contribution in [0.1, 0.15) is 31.2 Å². The first-order valence-corrected chi connectivity index (χ1v) is 9.61. The number of amides is 1. The second-order valence-corrected chi connectivity index (χ2v) is 7.27. The van der Waals surface area contributed by atoms with Crippen LogP contribution < -0.4 is 5.73 Å². The predicted octanol–water partition coefficient (Wildman–Crippen LogP) is 2.29. The van der Waals surface area contributed by atoms with Crippen LogP contribution in [0.15, 0.2) is 35.3 Å². The van der Waals surface area contributed by atoms with E-state index in [9.17, 15) is 4.79 Å². The molecule has 0 radical (unpaired) electrons. The molecule has 2 fully saturated rings. The first kappa shape index (κ1) is 21.9. The van der Waals surface area contributed by atoms with Crippen molar-refractivity contribution in [2.24, 2.45) is 16.6 Å². The molecule has 0 saturated carbocycles. The predicted molar refractivity (Wildman–Crippen MR) is 118 cm³/mol. The molecule has 2 heterocycles. The van der Waals surface area contributed by atoms with Gasteiger partial charge in [0, 0.05) is 26.2 Å². The standard InChI is InChI=1S/C20H30N4O2.HI/c1-16-7-9-24(10-8-16)20(21)22-15-18(17-5-3-2-4-6-17)19(25)23-11-13-26-14-12-23;/h2-6,16,18H,7-15H2,1H3,(H2,21,22);1H. The van der Waals surface area contributed by atoms with Crippen molar-refractivity contribution >= 4 is 35.8 Å². The van der Waals surface area contributed by atoms with Crippen molar-refractivity contribution in [1.29, 1.82) is 0 Å². The van der Waals surface area contributed by atoms with Crippen molar-refractivity contribution < 1.29 is 9.53 Å². The van der Waals surface area contributed by atoms with Crippen LogP contribution in [0.2, 0.25) is 0 Å². The molecule has 0 bridgehead atoms. The Kier molecular flexibility index (Phi) is 8.82. The lowest BCUT2D eigenvalue weighted by atomic mass is 9.97. The fourth-order valence-electron chi connectivity index (χ4n) is 3.54. The lowest BCUT2D eigenvalue weighted by Gasteiger charge is -2.32. The largest absolute Gasteiger partial charge is 0.378 e. The third kappa shape index (κ3) is 6.07. The molecule has 0 aromatic heterocycles. The number of nitrogens with two attached hydrogens (primary N) is 1. The van der Waals surface area contributed by atoms with Crippen molar-refractivity contribution in [3.05, 3.63) is 35.9 Å². The van der Waals surface area contributed by atoms with Gasteiger partial charge in [-0.1, -0.05) is 37.3 Å². The maximum atomic E-state index is 13.1. The van der Waals surface area contributed by atoms with E-state index in [-0.39, 0.29) is 35.8 Å². The summed E-state index contributed by atoms with van der Waals surface area (Å²) in [6, 6.07) is 9.89. The average Bonchev–Trinajstić information content (AvgIpc) is 2.70. The van der Waals surface area contributed by atoms with Gasteiger partial charge in [0.05, 0.1) is 25.7 Å². The number of ether oxygens (including phenoxy) is 1. The van der Waals surface area contributed by atoms with Gasteiger partial charge in [0.2, 0.25) is 5.91 Å². The number of morpholine rings is 1. The molecular formula is C20H31IN4O2. The first-order valence-electron chi connectivity index (χ1n) is 9.61. The topological polar surface area (TPSA) is 71.2 Å². The van der Waals surface area contributed by atoms with Crippen molar-refractivity contribution in [3.63, 3.8) is 0 Å². The van der Waals surface area contributed by atoms with Crippen molar-refractivity contribution in [3.8, 4) is 0 Å². The van der Waals surface area contributed by atoms with E-state index in [2.05, 4.69) is 16.8 Å². The van der Waals surface area contributed by atoms with Gasteiger partial charge in [0.25, 0.3) is 0 Å². The molecule has 27 heavy (non-hydrogen) atoms. The molecule has 2 aliphatic heterocycles. The van der Waals surface area contributed by atoms with Gasteiger partial charge < -0.3 is 20.3 Å². The highest BCUT2D eigenvalue weighted by Gasteiger charge is 2.27. The number of hydrogen-bond acceptors (Lipinski definition) is 3. The first-order chi connectivity index (χ1) is 12.6. The van der Waals surface area contributed by atoms with Crippen LogP contribution in [0.4, 0.5) is 0 Å². The number of rotatable bonds is 4. The Bertz CT molecular complexity index is 612. The second-order valence-electron chi connectivity index (χ2n) is 7.27. The van der Waals surface area contributed by atoms with E-state index in [0.717, 1.165) is 37.4 Å². The number of aliphatic imine (C=N–C) groups is 1. The van der Waals surface area contributed by atoms with E-state index >= 15 is 0 Å². The van der Waals surface area contributed by atoms with Crippen LogP contribution in [-0.4, -0.2) is 67.6 Å². The van der Waals surface area contributed by atoms with Gasteiger partial charge in [-0.05, 0) is 24.3 Å². The number of benzene rings is 1. The summed E-state index contributed by atoms with van der Waals surface area (Å²) in [5, 5.41) is 0. The molecule has 0 aliphatic carbocycles. The number of hydrogen-bond donors (Lipinski definition) is 1. The molecule has 1 atom stereocenters. The van der Waals surface area contributed by atoms with Crippen LogP contribution in [-0.2, 0) is 9.53 Å². The van der Waals surface area contributed by atoms with Crippen LogP contribution in [0, 0.1) is 5.92 Å². The molecule has 150 valence electrons. The third-order valence-electron chi connectivity index (χ3n) is 5.37. The molecule has 1 amide bonds. The van der Waals surface area contributed by atoms with Crippen molar-refractivity contribution in [2.75, 3.05) is 45.9 Å². The molecule has 6 nitrogen and oxygen atoms in total. The molecule has 2 N–H and O–H groups in total. The zero-order chi connectivity index (χ0) is 18.4. The maximum Gasteiger partial charge on any atom is 0.232 e. The minimum atomic E-state index is -0.295. The molecule has 1 aromatic carbocycles. The molecule has 2 saturated heterocycles. The van der Waals surface area contributed by atoms with E-state index in [4.69, 9.17) is 10.5 Å². The SMILES string of the molecule is CC1CCN(C(N)=NCC(C(=O)N2CCOCC2)c2ccccc2)CC1.I. The Morgan fingerprint density at radius 1 is 1.15 bits per heavy atom. The smallest absolute Gasteiger partial charge is 0.232 e. The zero-order valence-electron chi connectivity index (χ0n) is 16.0. The summed E-state index contributed by atoms with van der Waals surface area (Å²) in [7, 11) is 0. The lowest BCUT2D eigenvalue weighted by Crippen LogP contribution is -2.45. The molecule has 7 heteroatoms. The Balaban J connectivity index is 0.00000261. The number of carbonyl (C=O) groups excluding carboxylic acids is 1. The normalized spacial score (nSPS) is 20.1. The number of piperidine rings is 1. The van der Waals surface area contributed by atoms with Gasteiger partial charge in [0.15, 0.2) is 5.96 Å². The Labute approximate surface area is 179 Å². The lowest BCUT2D eigenvalue weighted by molar-refractivity contribution is -0.136. The molecule has 3 rings (SSSR count). The maximum absolute atomic E-state index is 13.1. The quantitative estimate of drug-likeness (QED) is 0.403. The number of carbonyl (C=O) groups is 1. The average molecular weight is 486 g/mol. The molecule has 2 aliphatic rings. The van der Waals surface area contributed by atoms with Crippen LogP contribution in [0.25, 0.3) is 0 Å². The number of guanidine groups is 1. The highest BCUT2D eigenvalue weighted by Crippen LogP contribution is 2.21. The highest BCUT2D eigenvalue weighted by molar-refractivity contribution is 14.0. The molecule has 0 spiro atoms. The monoisotopic (exact) mass is 486 g/mol. The van der Waals surface area contributed by atoms with Gasteiger partial charge >= 0.3 is 0 Å². The summed E-state index contributed by atoms with van der Waals surface area (Å²) < 4.78 is 5.37. The van der Waals surface area contributed by atoms with Crippen molar-refractivity contribution in [2.45, 2.75) is 25.7 Å². The summed E-state index contributed by atoms with van der Waals surface area (Å²) in [5.74, 6) is 1.13. The molecular weight excluding hydrogens is 455 g/mol. The summed E-state index contributed by atoms with van der Waals surface area (Å²) >= 11 is 0. The fraction of sp³-hybridized carbons (Fsp3) is 0.600. The number of nitrogens with zero attached hydrogens (tertiary/aromatic N) is 3. The van der Waals surface area contributed by atoms with E-state index in [1.807, 2.05) is 35.2 Å². The minimum absolute atomic E-state index is 0.